The molecule has 2 saturated carbocycles. The van der Waals surface area contributed by atoms with Crippen LogP contribution in [0.25, 0.3) is 0 Å². The maximum Gasteiger partial charge on any atom is 0.146 e. The Balaban J connectivity index is 1.31. The third-order valence-corrected chi connectivity index (χ3v) is 8.85. The number of hydrogen-bond donors (Lipinski definition) is 1. The lowest BCUT2D eigenvalue weighted by molar-refractivity contribution is 0.0429. The van der Waals surface area contributed by atoms with Crippen molar-refractivity contribution in [3.63, 3.8) is 0 Å². The number of aliphatic hydroxyl groups is 1. The molecule has 4 nitrogen and oxygen atoms in total. The minimum absolute atomic E-state index is 0.143. The number of rotatable bonds is 10. The molecule has 3 atom stereocenters. The van der Waals surface area contributed by atoms with Crippen LogP contribution in [0, 0.1) is 6.92 Å². The highest BCUT2D eigenvalue weighted by Crippen LogP contribution is 2.49. The van der Waals surface area contributed by atoms with Crippen molar-refractivity contribution in [2.45, 2.75) is 82.8 Å². The van der Waals surface area contributed by atoms with E-state index in [2.05, 4.69) is 42.9 Å². The van der Waals surface area contributed by atoms with Crippen molar-refractivity contribution in [2.75, 3.05) is 0 Å². The lowest BCUT2D eigenvalue weighted by Crippen LogP contribution is -2.22. The van der Waals surface area contributed by atoms with Crippen LogP contribution < -0.4 is 4.74 Å². The highest BCUT2D eigenvalue weighted by Gasteiger charge is 2.40. The predicted octanol–water partition coefficient (Wildman–Crippen LogP) is 9.61. The molecule has 210 valence electrons. The van der Waals surface area contributed by atoms with Gasteiger partial charge in [0.05, 0.1) is 21.9 Å². The largest absolute Gasteiger partial charge is 0.489 e. The van der Waals surface area contributed by atoms with E-state index in [1.54, 1.807) is 6.07 Å². The van der Waals surface area contributed by atoms with Crippen LogP contribution in [0.3, 0.4) is 0 Å². The van der Waals surface area contributed by atoms with Crippen LogP contribution in [0.1, 0.15) is 97.4 Å². The van der Waals surface area contributed by atoms with Gasteiger partial charge in [-0.2, -0.15) is 0 Å². The van der Waals surface area contributed by atoms with E-state index in [1.165, 1.54) is 11.1 Å². The zero-order valence-corrected chi connectivity index (χ0v) is 24.9. The standard InChI is InChI=1S/C34H37Cl2NO3/c1-21(2)7-5-10-30(35)23(4)32-28(33(40-37-32)24-11-12-24)20-39-27-13-14-29(31(36)18-27)34(38)16-15-26(19-34)25-9-6-8-22(3)17-25/h5-10,13-14,17-18,23-24,26,38H,1,11-12,15-16,19-20H2,2-4H3/b7-5-,30-10+. The number of benzene rings is 2. The third kappa shape index (κ3) is 6.40. The summed E-state index contributed by atoms with van der Waals surface area (Å²) in [4.78, 5) is 0. The van der Waals surface area contributed by atoms with E-state index >= 15 is 0 Å². The summed E-state index contributed by atoms with van der Waals surface area (Å²) in [5, 5.41) is 17.2. The SMILES string of the molecule is C=C(C)/C=C\C=C(\Cl)C(C)c1noc(C2CC2)c1COc1ccc(C2(O)CCC(c3cccc(C)c3)C2)c(Cl)c1. The molecule has 0 spiro atoms. The fourth-order valence-corrected chi connectivity index (χ4v) is 6.18. The number of allylic oxidation sites excluding steroid dienone is 5. The number of nitrogens with zero attached hydrogens (tertiary/aromatic N) is 1. The number of aryl methyl sites for hydroxylation is 1. The number of halogens is 2. The molecule has 6 heteroatoms. The van der Waals surface area contributed by atoms with Crippen molar-refractivity contribution < 1.29 is 14.4 Å². The summed E-state index contributed by atoms with van der Waals surface area (Å²) < 4.78 is 12.0. The van der Waals surface area contributed by atoms with Crippen molar-refractivity contribution in [3.8, 4) is 5.75 Å². The molecular weight excluding hydrogens is 541 g/mol. The first-order valence-electron chi connectivity index (χ1n) is 14.0. The predicted molar refractivity (Wildman–Crippen MR) is 162 cm³/mol. The minimum atomic E-state index is -0.956. The molecule has 1 N–H and O–H groups in total. The first kappa shape index (κ1) is 28.7. The van der Waals surface area contributed by atoms with E-state index in [1.807, 2.05) is 44.2 Å². The Morgan fingerprint density at radius 3 is 2.73 bits per heavy atom. The number of hydrogen-bond acceptors (Lipinski definition) is 4. The van der Waals surface area contributed by atoms with Gasteiger partial charge in [-0.1, -0.05) is 95.5 Å². The van der Waals surface area contributed by atoms with E-state index < -0.39 is 5.60 Å². The summed E-state index contributed by atoms with van der Waals surface area (Å²) in [6.07, 6.45) is 10.1. The van der Waals surface area contributed by atoms with Crippen molar-refractivity contribution in [2.24, 2.45) is 0 Å². The van der Waals surface area contributed by atoms with Gasteiger partial charge in [-0.05, 0) is 75.6 Å². The molecule has 0 aliphatic heterocycles. The van der Waals surface area contributed by atoms with E-state index in [9.17, 15) is 5.11 Å². The molecule has 0 bridgehead atoms. The second-order valence-corrected chi connectivity index (χ2v) is 12.3. The summed E-state index contributed by atoms with van der Waals surface area (Å²) in [5.74, 6) is 2.06. The Morgan fingerprint density at radius 2 is 2.02 bits per heavy atom. The molecule has 1 aromatic heterocycles. The molecule has 2 aromatic carbocycles. The molecule has 0 amide bonds. The Bertz CT molecular complexity index is 1450. The zero-order valence-electron chi connectivity index (χ0n) is 23.4. The average Bonchev–Trinajstić information content (AvgIpc) is 3.55. The molecule has 2 aliphatic rings. The smallest absolute Gasteiger partial charge is 0.146 e. The van der Waals surface area contributed by atoms with E-state index in [-0.39, 0.29) is 5.92 Å². The molecule has 0 saturated heterocycles. The number of aromatic nitrogens is 1. The second-order valence-electron chi connectivity index (χ2n) is 11.5. The molecule has 1 heterocycles. The summed E-state index contributed by atoms with van der Waals surface area (Å²) in [6.45, 7) is 10.2. The highest BCUT2D eigenvalue weighted by molar-refractivity contribution is 6.31. The monoisotopic (exact) mass is 577 g/mol. The van der Waals surface area contributed by atoms with Gasteiger partial charge in [0.1, 0.15) is 18.1 Å². The number of ether oxygens (including phenoxy) is 1. The Labute approximate surface area is 247 Å². The van der Waals surface area contributed by atoms with Gasteiger partial charge < -0.3 is 14.4 Å². The molecule has 5 rings (SSSR count). The Hall–Kier alpha value is -2.79. The van der Waals surface area contributed by atoms with Gasteiger partial charge in [0.15, 0.2) is 0 Å². The topological polar surface area (TPSA) is 55.5 Å². The fraction of sp³-hybridized carbons (Fsp3) is 0.382. The molecule has 40 heavy (non-hydrogen) atoms. The molecule has 2 fully saturated rings. The van der Waals surface area contributed by atoms with Gasteiger partial charge in [-0.3, -0.25) is 0 Å². The van der Waals surface area contributed by atoms with E-state index in [4.69, 9.17) is 32.5 Å². The molecular formula is C34H37Cl2NO3. The normalized spacial score (nSPS) is 22.1. The maximum atomic E-state index is 11.6. The molecule has 2 aliphatic carbocycles. The first-order valence-corrected chi connectivity index (χ1v) is 14.8. The van der Waals surface area contributed by atoms with E-state index in [0.29, 0.717) is 47.1 Å². The summed E-state index contributed by atoms with van der Waals surface area (Å²) >= 11 is 13.4. The quantitative estimate of drug-likeness (QED) is 0.244. The van der Waals surface area contributed by atoms with Crippen LogP contribution in [-0.4, -0.2) is 10.3 Å². The van der Waals surface area contributed by atoms with Gasteiger partial charge in [0.25, 0.3) is 0 Å². The van der Waals surface area contributed by atoms with Gasteiger partial charge >= 0.3 is 0 Å². The van der Waals surface area contributed by atoms with Crippen molar-refractivity contribution >= 4 is 23.2 Å². The highest BCUT2D eigenvalue weighted by atomic mass is 35.5. The lowest BCUT2D eigenvalue weighted by Gasteiger charge is -2.25. The van der Waals surface area contributed by atoms with Gasteiger partial charge in [0, 0.05) is 22.4 Å². The fourth-order valence-electron chi connectivity index (χ4n) is 5.66. The van der Waals surface area contributed by atoms with Gasteiger partial charge in [-0.15, -0.1) is 0 Å². The van der Waals surface area contributed by atoms with Crippen molar-refractivity contribution in [1.82, 2.24) is 5.16 Å². The average molecular weight is 579 g/mol. The van der Waals surface area contributed by atoms with Crippen LogP contribution >= 0.6 is 23.2 Å². The summed E-state index contributed by atoms with van der Waals surface area (Å²) in [5.41, 5.74) is 5.00. The van der Waals surface area contributed by atoms with Gasteiger partial charge in [0.2, 0.25) is 0 Å². The van der Waals surface area contributed by atoms with Crippen LogP contribution in [0.15, 0.2) is 82.4 Å². The summed E-state index contributed by atoms with van der Waals surface area (Å²) in [6, 6.07) is 14.2. The molecule has 3 aromatic rings. The Kier molecular flexibility index (Phi) is 8.61. The Morgan fingerprint density at radius 1 is 1.23 bits per heavy atom. The van der Waals surface area contributed by atoms with Crippen LogP contribution in [0.2, 0.25) is 5.02 Å². The second kappa shape index (κ2) is 12.0. The van der Waals surface area contributed by atoms with Crippen LogP contribution in [0.5, 0.6) is 5.75 Å². The third-order valence-electron chi connectivity index (χ3n) is 8.09. The lowest BCUT2D eigenvalue weighted by atomic mass is 9.89. The zero-order chi connectivity index (χ0) is 28.4. The van der Waals surface area contributed by atoms with Crippen LogP contribution in [0.4, 0.5) is 0 Å². The summed E-state index contributed by atoms with van der Waals surface area (Å²) in [7, 11) is 0. The molecule has 3 unspecified atom stereocenters. The van der Waals surface area contributed by atoms with Gasteiger partial charge in [-0.25, -0.2) is 0 Å². The van der Waals surface area contributed by atoms with Crippen LogP contribution in [-0.2, 0) is 12.2 Å². The minimum Gasteiger partial charge on any atom is -0.489 e. The van der Waals surface area contributed by atoms with E-state index in [0.717, 1.165) is 47.4 Å². The van der Waals surface area contributed by atoms with Crippen molar-refractivity contribution in [1.29, 1.82) is 0 Å². The first-order chi connectivity index (χ1) is 19.1. The van der Waals surface area contributed by atoms with Crippen molar-refractivity contribution in [3.05, 3.63) is 117 Å². The molecule has 0 radical (unpaired) electrons. The maximum absolute atomic E-state index is 11.6.